The number of alkyl halides is 3. The second-order valence-corrected chi connectivity index (χ2v) is 8.74. The van der Waals surface area contributed by atoms with Crippen molar-refractivity contribution >= 4 is 15.7 Å². The summed E-state index contributed by atoms with van der Waals surface area (Å²) in [4.78, 5) is 0.843. The Hall–Kier alpha value is -2.25. The second-order valence-electron chi connectivity index (χ2n) is 7.24. The zero-order valence-electron chi connectivity index (χ0n) is 14.6. The molecule has 0 aliphatic carbocycles. The van der Waals surface area contributed by atoms with E-state index in [2.05, 4.69) is 25.9 Å². The number of halogens is 3. The zero-order valence-corrected chi connectivity index (χ0v) is 15.4. The highest BCUT2D eigenvalue weighted by atomic mass is 32.2. The monoisotopic (exact) mass is 417 g/mol. The Morgan fingerprint density at radius 2 is 2.00 bits per heavy atom. The topological polar surface area (TPSA) is 130 Å². The summed E-state index contributed by atoms with van der Waals surface area (Å²) in [6, 6.07) is 2.01. The first kappa shape index (κ1) is 19.1. The number of nitrogens with one attached hydrogen (secondary N) is 2. The van der Waals surface area contributed by atoms with Crippen LogP contribution in [0, 0.1) is 5.41 Å². The van der Waals surface area contributed by atoms with Gasteiger partial charge in [0.2, 0.25) is 15.8 Å². The summed E-state index contributed by atoms with van der Waals surface area (Å²) in [7, 11) is -4.74. The number of aromatic nitrogens is 4. The van der Waals surface area contributed by atoms with Crippen LogP contribution in [-0.4, -0.2) is 55.2 Å². The molecule has 0 saturated carbocycles. The van der Waals surface area contributed by atoms with Crippen molar-refractivity contribution in [2.45, 2.75) is 23.9 Å². The van der Waals surface area contributed by atoms with Crippen molar-refractivity contribution < 1.29 is 21.6 Å². The Morgan fingerprint density at radius 1 is 1.25 bits per heavy atom. The first-order valence-corrected chi connectivity index (χ1v) is 10.1. The van der Waals surface area contributed by atoms with Gasteiger partial charge in [0.05, 0.1) is 11.1 Å². The van der Waals surface area contributed by atoms with Gasteiger partial charge < -0.3 is 10.2 Å². The molecule has 0 atom stereocenters. The number of hydrogen-bond donors (Lipinski definition) is 3. The van der Waals surface area contributed by atoms with E-state index in [1.165, 1.54) is 6.07 Å². The van der Waals surface area contributed by atoms with E-state index in [-0.39, 0.29) is 16.8 Å². The van der Waals surface area contributed by atoms with Crippen LogP contribution in [0.2, 0.25) is 0 Å². The molecule has 1 aromatic heterocycles. The van der Waals surface area contributed by atoms with E-state index < -0.39 is 26.7 Å². The number of aromatic amines is 1. The quantitative estimate of drug-likeness (QED) is 0.671. The lowest BCUT2D eigenvalue weighted by Crippen LogP contribution is -2.61. The molecule has 0 radical (unpaired) electrons. The van der Waals surface area contributed by atoms with Crippen molar-refractivity contribution in [1.82, 2.24) is 25.9 Å². The molecule has 2 fully saturated rings. The molecule has 0 bridgehead atoms. The van der Waals surface area contributed by atoms with Gasteiger partial charge in [-0.1, -0.05) is 0 Å². The highest BCUT2D eigenvalue weighted by Crippen LogP contribution is 2.44. The Balaban J connectivity index is 1.94. The molecule has 1 aromatic carbocycles. The lowest BCUT2D eigenvalue weighted by molar-refractivity contribution is -0.139. The molecule has 2 aliphatic heterocycles. The van der Waals surface area contributed by atoms with Gasteiger partial charge in [-0.2, -0.15) is 18.4 Å². The number of tetrazole rings is 1. The molecule has 9 nitrogen and oxygen atoms in total. The third kappa shape index (κ3) is 3.22. The van der Waals surface area contributed by atoms with Crippen LogP contribution >= 0.6 is 0 Å². The van der Waals surface area contributed by atoms with E-state index in [9.17, 15) is 21.6 Å². The molecular formula is C15H18F3N7O2S. The average Bonchev–Trinajstić information content (AvgIpc) is 3.12. The van der Waals surface area contributed by atoms with E-state index in [0.717, 1.165) is 32.0 Å². The van der Waals surface area contributed by atoms with Crippen LogP contribution < -0.4 is 15.4 Å². The number of H-pyrrole nitrogens is 1. The fourth-order valence-corrected chi connectivity index (χ4v) is 4.99. The number of rotatable bonds is 3. The van der Waals surface area contributed by atoms with Crippen LogP contribution in [0.3, 0.4) is 0 Å². The van der Waals surface area contributed by atoms with Crippen LogP contribution in [0.1, 0.15) is 18.4 Å². The summed E-state index contributed by atoms with van der Waals surface area (Å²) < 4.78 is 65.1. The van der Waals surface area contributed by atoms with E-state index in [1.54, 1.807) is 0 Å². The Bertz CT molecular complexity index is 988. The number of benzene rings is 1. The maximum absolute atomic E-state index is 13.6. The molecule has 13 heteroatoms. The van der Waals surface area contributed by atoms with Crippen molar-refractivity contribution in [2.75, 3.05) is 31.1 Å². The van der Waals surface area contributed by atoms with Gasteiger partial charge in [0, 0.05) is 37.3 Å². The van der Waals surface area contributed by atoms with E-state index in [1.807, 2.05) is 4.90 Å². The molecule has 0 amide bonds. The third-order valence-corrected chi connectivity index (χ3v) is 6.29. The Kier molecular flexibility index (Phi) is 4.35. The van der Waals surface area contributed by atoms with Crippen molar-refractivity contribution in [3.63, 3.8) is 0 Å². The molecule has 4 N–H and O–H groups in total. The summed E-state index contributed by atoms with van der Waals surface area (Å²) >= 11 is 0. The molecule has 28 heavy (non-hydrogen) atoms. The largest absolute Gasteiger partial charge is 0.417 e. The lowest BCUT2D eigenvalue weighted by Gasteiger charge is -2.50. The summed E-state index contributed by atoms with van der Waals surface area (Å²) in [5.41, 5.74) is -1.31. The normalized spacial score (nSPS) is 19.6. The molecule has 0 unspecified atom stereocenters. The van der Waals surface area contributed by atoms with Gasteiger partial charge in [-0.05, 0) is 30.2 Å². The molecule has 2 saturated heterocycles. The second kappa shape index (κ2) is 6.39. The van der Waals surface area contributed by atoms with Crippen molar-refractivity contribution in [3.05, 3.63) is 17.7 Å². The number of piperidine rings is 1. The fourth-order valence-electron chi connectivity index (χ4n) is 4.02. The maximum atomic E-state index is 13.6. The molecule has 2 aliphatic rings. The molecule has 2 aromatic rings. The predicted octanol–water partition coefficient (Wildman–Crippen LogP) is 0.723. The molecule has 4 rings (SSSR count). The Morgan fingerprint density at radius 3 is 2.54 bits per heavy atom. The van der Waals surface area contributed by atoms with Gasteiger partial charge in [0.1, 0.15) is 4.90 Å². The first-order valence-electron chi connectivity index (χ1n) is 8.57. The number of nitrogens with two attached hydrogens (primary N) is 1. The standard InChI is InChI=1S/C15H18F3N7O2S/c16-15(17,18)9-2-3-10(25-5-1-4-14(8-25)6-20-7-14)11(12(9)28(19,26)27)13-21-23-24-22-13/h2-3,20H,1,4-8H2,(H2,19,26,27)(H,21,22,23,24). The number of anilines is 1. The van der Waals surface area contributed by atoms with Crippen LogP contribution in [0.25, 0.3) is 11.4 Å². The van der Waals surface area contributed by atoms with Gasteiger partial charge in [-0.3, -0.25) is 0 Å². The summed E-state index contributed by atoms with van der Waals surface area (Å²) in [6.45, 7) is 2.77. The van der Waals surface area contributed by atoms with E-state index in [4.69, 9.17) is 5.14 Å². The Labute approximate surface area is 158 Å². The van der Waals surface area contributed by atoms with Crippen LogP contribution in [0.4, 0.5) is 18.9 Å². The van der Waals surface area contributed by atoms with Crippen LogP contribution in [-0.2, 0) is 16.2 Å². The number of hydrogen-bond acceptors (Lipinski definition) is 7. The average molecular weight is 417 g/mol. The molecular weight excluding hydrogens is 399 g/mol. The third-order valence-electron chi connectivity index (χ3n) is 5.30. The summed E-state index contributed by atoms with van der Waals surface area (Å²) in [5, 5.41) is 21.4. The molecule has 3 heterocycles. The number of nitrogens with zero attached hydrogens (tertiary/aromatic N) is 4. The minimum absolute atomic E-state index is 0.0250. The smallest absolute Gasteiger partial charge is 0.370 e. The van der Waals surface area contributed by atoms with E-state index in [0.29, 0.717) is 18.8 Å². The predicted molar refractivity (Wildman–Crippen MR) is 92.7 cm³/mol. The van der Waals surface area contributed by atoms with Gasteiger partial charge in [0.15, 0.2) is 0 Å². The van der Waals surface area contributed by atoms with Crippen molar-refractivity contribution in [2.24, 2.45) is 10.6 Å². The van der Waals surface area contributed by atoms with E-state index >= 15 is 0 Å². The zero-order chi connectivity index (χ0) is 20.2. The first-order chi connectivity index (χ1) is 13.1. The van der Waals surface area contributed by atoms with Gasteiger partial charge >= 0.3 is 6.18 Å². The van der Waals surface area contributed by atoms with Gasteiger partial charge in [0.25, 0.3) is 0 Å². The summed E-state index contributed by atoms with van der Waals surface area (Å²) in [5.74, 6) is -0.253. The SMILES string of the molecule is NS(=O)(=O)c1c(C(F)(F)F)ccc(N2CCCC3(CNC3)C2)c1-c1nn[nH]n1. The van der Waals surface area contributed by atoms with Gasteiger partial charge in [-0.25, -0.2) is 13.6 Å². The minimum Gasteiger partial charge on any atom is -0.370 e. The van der Waals surface area contributed by atoms with Gasteiger partial charge in [-0.15, -0.1) is 10.2 Å². The highest BCUT2D eigenvalue weighted by Gasteiger charge is 2.43. The number of primary sulfonamides is 1. The minimum atomic E-state index is -4.92. The fraction of sp³-hybridized carbons (Fsp3) is 0.533. The van der Waals surface area contributed by atoms with Crippen LogP contribution in [0.15, 0.2) is 17.0 Å². The van der Waals surface area contributed by atoms with Crippen molar-refractivity contribution in [1.29, 1.82) is 0 Å². The molecule has 1 spiro atoms. The van der Waals surface area contributed by atoms with Crippen LogP contribution in [0.5, 0.6) is 0 Å². The number of sulfonamides is 1. The highest BCUT2D eigenvalue weighted by molar-refractivity contribution is 7.89. The lowest BCUT2D eigenvalue weighted by atomic mass is 9.74. The maximum Gasteiger partial charge on any atom is 0.417 e. The molecule has 152 valence electrons. The summed E-state index contributed by atoms with van der Waals surface area (Å²) in [6.07, 6.45) is -3.09. The van der Waals surface area contributed by atoms with Crippen molar-refractivity contribution in [3.8, 4) is 11.4 Å².